The van der Waals surface area contributed by atoms with Gasteiger partial charge in [0.2, 0.25) is 0 Å². The highest BCUT2D eigenvalue weighted by atomic mass is 19.1. The van der Waals surface area contributed by atoms with E-state index in [1.165, 1.54) is 5.56 Å². The van der Waals surface area contributed by atoms with Crippen molar-refractivity contribution in [2.45, 2.75) is 60.8 Å². The molecule has 0 atom stereocenters. The average molecular weight is 342 g/mol. The van der Waals surface area contributed by atoms with Gasteiger partial charge >= 0.3 is 0 Å². The average Bonchev–Trinajstić information content (AvgIpc) is 2.60. The molecule has 0 aliphatic heterocycles. The molecule has 1 heterocycles. The number of allylic oxidation sites excluding steroid dienone is 3. The number of rotatable bonds is 6. The van der Waals surface area contributed by atoms with Crippen LogP contribution in [0.3, 0.4) is 0 Å². The standard InChI is InChI=1S/C21H26FN.C2H6/c1-6-8-20(22)18(11-14(3)4)17-9-10-21-19(13-17)16(7-2)12-15(5)23-21;1-2/h6,9-10,12-14H,1,7-8,11H2,2-5H3;1-2H3/b20-18-;. The molecule has 0 N–H and O–H groups in total. The van der Waals surface area contributed by atoms with E-state index in [0.717, 1.165) is 40.6 Å². The van der Waals surface area contributed by atoms with Crippen molar-refractivity contribution < 1.29 is 4.39 Å². The van der Waals surface area contributed by atoms with Crippen molar-refractivity contribution in [3.05, 3.63) is 59.6 Å². The number of hydrogen-bond acceptors (Lipinski definition) is 1. The van der Waals surface area contributed by atoms with E-state index < -0.39 is 0 Å². The van der Waals surface area contributed by atoms with Crippen molar-refractivity contribution >= 4 is 16.5 Å². The number of fused-ring (bicyclic) bond motifs is 1. The number of halogens is 1. The molecule has 0 aliphatic carbocycles. The Morgan fingerprint density at radius 1 is 1.24 bits per heavy atom. The second-order valence-electron chi connectivity index (χ2n) is 6.48. The highest BCUT2D eigenvalue weighted by molar-refractivity contribution is 5.86. The number of benzene rings is 1. The van der Waals surface area contributed by atoms with E-state index in [9.17, 15) is 4.39 Å². The molecular weight excluding hydrogens is 309 g/mol. The molecular formula is C23H32FN. The molecule has 0 spiro atoms. The molecule has 0 amide bonds. The number of aryl methyl sites for hydroxylation is 2. The lowest BCUT2D eigenvalue weighted by atomic mass is 9.92. The van der Waals surface area contributed by atoms with Crippen molar-refractivity contribution in [2.24, 2.45) is 5.92 Å². The Morgan fingerprint density at radius 3 is 2.48 bits per heavy atom. The lowest BCUT2D eigenvalue weighted by molar-refractivity contribution is 0.600. The lowest BCUT2D eigenvalue weighted by Gasteiger charge is -2.14. The number of hydrogen-bond donors (Lipinski definition) is 0. The van der Waals surface area contributed by atoms with E-state index in [0.29, 0.717) is 5.92 Å². The summed E-state index contributed by atoms with van der Waals surface area (Å²) in [6.07, 6.45) is 3.58. The fourth-order valence-corrected chi connectivity index (χ4v) is 2.97. The summed E-state index contributed by atoms with van der Waals surface area (Å²) in [4.78, 5) is 4.60. The fraction of sp³-hybridized carbons (Fsp3) is 0.435. The van der Waals surface area contributed by atoms with E-state index in [1.807, 2.05) is 32.9 Å². The van der Waals surface area contributed by atoms with E-state index in [4.69, 9.17) is 0 Å². The highest BCUT2D eigenvalue weighted by Crippen LogP contribution is 2.31. The van der Waals surface area contributed by atoms with Crippen LogP contribution in [0.25, 0.3) is 16.5 Å². The zero-order chi connectivity index (χ0) is 19.0. The van der Waals surface area contributed by atoms with Crippen molar-refractivity contribution in [1.29, 1.82) is 0 Å². The van der Waals surface area contributed by atoms with Crippen LogP contribution >= 0.6 is 0 Å². The first kappa shape index (κ1) is 21.1. The lowest BCUT2D eigenvalue weighted by Crippen LogP contribution is -1.97. The maximum absolute atomic E-state index is 14.6. The molecule has 2 rings (SSSR count). The van der Waals surface area contributed by atoms with Crippen LogP contribution in [0.4, 0.5) is 4.39 Å². The number of pyridine rings is 1. The molecule has 0 saturated heterocycles. The Morgan fingerprint density at radius 2 is 1.92 bits per heavy atom. The molecule has 1 nitrogen and oxygen atoms in total. The second kappa shape index (κ2) is 10.1. The van der Waals surface area contributed by atoms with Gasteiger partial charge in [-0.2, -0.15) is 0 Å². The van der Waals surface area contributed by atoms with Crippen LogP contribution in [0.2, 0.25) is 0 Å². The molecule has 0 saturated carbocycles. The summed E-state index contributed by atoms with van der Waals surface area (Å²) in [6.45, 7) is 16.0. The van der Waals surface area contributed by atoms with Crippen molar-refractivity contribution in [2.75, 3.05) is 0 Å². The Labute approximate surface area is 152 Å². The Balaban J connectivity index is 0.00000151. The van der Waals surface area contributed by atoms with Crippen LogP contribution in [-0.4, -0.2) is 4.98 Å². The number of nitrogens with zero attached hydrogens (tertiary/aromatic N) is 1. The van der Waals surface area contributed by atoms with Crippen LogP contribution in [0.1, 0.15) is 64.3 Å². The minimum Gasteiger partial charge on any atom is -0.253 e. The molecule has 2 aromatic rings. The van der Waals surface area contributed by atoms with Crippen LogP contribution in [-0.2, 0) is 6.42 Å². The van der Waals surface area contributed by atoms with Gasteiger partial charge in [0.15, 0.2) is 0 Å². The predicted molar refractivity (Wildman–Crippen MR) is 110 cm³/mol. The summed E-state index contributed by atoms with van der Waals surface area (Å²) in [5.41, 5.74) is 5.04. The van der Waals surface area contributed by atoms with Gasteiger partial charge in [-0.3, -0.25) is 4.98 Å². The quantitative estimate of drug-likeness (QED) is 0.498. The minimum atomic E-state index is -0.0776. The summed E-state index contributed by atoms with van der Waals surface area (Å²) in [7, 11) is 0. The van der Waals surface area contributed by atoms with Crippen LogP contribution in [0.15, 0.2) is 42.7 Å². The zero-order valence-electron chi connectivity index (χ0n) is 16.6. The van der Waals surface area contributed by atoms with E-state index >= 15 is 0 Å². The van der Waals surface area contributed by atoms with Gasteiger partial charge in [0, 0.05) is 17.5 Å². The smallest absolute Gasteiger partial charge is 0.107 e. The van der Waals surface area contributed by atoms with Crippen molar-refractivity contribution in [1.82, 2.24) is 4.98 Å². The summed E-state index contributed by atoms with van der Waals surface area (Å²) in [5.74, 6) is 0.323. The molecule has 25 heavy (non-hydrogen) atoms. The Hall–Kier alpha value is -1.96. The summed E-state index contributed by atoms with van der Waals surface area (Å²) in [6, 6.07) is 8.23. The molecule has 0 aliphatic rings. The van der Waals surface area contributed by atoms with Gasteiger partial charge in [0.1, 0.15) is 5.83 Å². The SMILES string of the molecule is C=CC/C(F)=C(\CC(C)C)c1ccc2nc(C)cc(CC)c2c1.CC. The van der Waals surface area contributed by atoms with Gasteiger partial charge in [-0.05, 0) is 60.6 Å². The third-order valence-electron chi connectivity index (χ3n) is 4.02. The third-order valence-corrected chi connectivity index (χ3v) is 4.02. The largest absolute Gasteiger partial charge is 0.253 e. The van der Waals surface area contributed by atoms with Gasteiger partial charge in [-0.25, -0.2) is 4.39 Å². The van der Waals surface area contributed by atoms with Gasteiger partial charge in [-0.1, -0.05) is 46.8 Å². The molecule has 0 unspecified atom stereocenters. The van der Waals surface area contributed by atoms with Gasteiger partial charge < -0.3 is 0 Å². The molecule has 0 radical (unpaired) electrons. The van der Waals surface area contributed by atoms with E-state index in [-0.39, 0.29) is 12.2 Å². The van der Waals surface area contributed by atoms with Crippen LogP contribution in [0.5, 0.6) is 0 Å². The Kier molecular flexibility index (Phi) is 8.54. The molecule has 2 heteroatoms. The summed E-state index contributed by atoms with van der Waals surface area (Å²) < 4.78 is 14.6. The van der Waals surface area contributed by atoms with Gasteiger partial charge in [0.25, 0.3) is 0 Å². The topological polar surface area (TPSA) is 12.9 Å². The normalized spacial score (nSPS) is 11.8. The Bertz CT molecular complexity index is 741. The third kappa shape index (κ3) is 5.52. The van der Waals surface area contributed by atoms with Gasteiger partial charge in [0.05, 0.1) is 5.52 Å². The first-order chi connectivity index (χ1) is 12.0. The number of aromatic nitrogens is 1. The van der Waals surface area contributed by atoms with Gasteiger partial charge in [-0.15, -0.1) is 6.58 Å². The molecule has 136 valence electrons. The summed E-state index contributed by atoms with van der Waals surface area (Å²) in [5, 5.41) is 1.13. The molecule has 0 fully saturated rings. The predicted octanol–water partition coefficient (Wildman–Crippen LogP) is 7.43. The second-order valence-corrected chi connectivity index (χ2v) is 6.48. The monoisotopic (exact) mass is 341 g/mol. The van der Waals surface area contributed by atoms with E-state index in [1.54, 1.807) is 6.08 Å². The van der Waals surface area contributed by atoms with E-state index in [2.05, 4.69) is 44.5 Å². The first-order valence-electron chi connectivity index (χ1n) is 9.35. The summed E-state index contributed by atoms with van der Waals surface area (Å²) >= 11 is 0. The molecule has 0 bridgehead atoms. The zero-order valence-corrected chi connectivity index (χ0v) is 16.6. The fourth-order valence-electron chi connectivity index (χ4n) is 2.97. The van der Waals surface area contributed by atoms with Crippen molar-refractivity contribution in [3.8, 4) is 0 Å². The molecule has 1 aromatic carbocycles. The first-order valence-corrected chi connectivity index (χ1v) is 9.35. The maximum Gasteiger partial charge on any atom is 0.107 e. The van der Waals surface area contributed by atoms with Crippen LogP contribution < -0.4 is 0 Å². The highest BCUT2D eigenvalue weighted by Gasteiger charge is 2.13. The van der Waals surface area contributed by atoms with Crippen molar-refractivity contribution in [3.63, 3.8) is 0 Å². The molecule has 1 aromatic heterocycles. The van der Waals surface area contributed by atoms with Crippen LogP contribution in [0, 0.1) is 12.8 Å². The maximum atomic E-state index is 14.6. The minimum absolute atomic E-state index is 0.0776.